The number of rotatable bonds is 2. The first-order chi connectivity index (χ1) is 7.34. The summed E-state index contributed by atoms with van der Waals surface area (Å²) in [5.41, 5.74) is 1.36. The van der Waals surface area contributed by atoms with Gasteiger partial charge in [-0.05, 0) is 5.56 Å². The quantitative estimate of drug-likeness (QED) is 0.680. The van der Waals surface area contributed by atoms with E-state index in [2.05, 4.69) is 72.7 Å². The fraction of sp³-hybridized carbons (Fsp3) is 0.231. The minimum Gasteiger partial charge on any atom is -0.362 e. The Morgan fingerprint density at radius 1 is 1.13 bits per heavy atom. The molecular weight excluding hydrogens is 184 g/mol. The monoisotopic (exact) mass is 202 g/mol. The molecule has 0 spiro atoms. The van der Waals surface area contributed by atoms with Gasteiger partial charge in [-0.1, -0.05) is 30.3 Å². The zero-order valence-corrected chi connectivity index (χ0v) is 9.26. The van der Waals surface area contributed by atoms with Gasteiger partial charge in [-0.2, -0.15) is 0 Å². The smallest absolute Gasteiger partial charge is 0.0894 e. The second kappa shape index (κ2) is 5.91. The average Bonchev–Trinajstić information content (AvgIpc) is 2.68. The Kier molecular flexibility index (Phi) is 4.48. The summed E-state index contributed by atoms with van der Waals surface area (Å²) in [6, 6.07) is 10.5. The molecule has 0 aromatic heterocycles. The lowest BCUT2D eigenvalue weighted by Crippen LogP contribution is -2.21. The SMILES string of the molecule is C=C.CN1C=CN(Cc2ccccc2)C1. The maximum atomic E-state index is 3.00. The normalized spacial score (nSPS) is 13.7. The third kappa shape index (κ3) is 3.50. The standard InChI is InChI=1S/C11H14N2.C2H4/c1-12-7-8-13(10-12)9-11-5-3-2-4-6-11;1-2/h2-8H,9-10H2,1H3;1-2H2. The maximum absolute atomic E-state index is 3.00. The summed E-state index contributed by atoms with van der Waals surface area (Å²) in [5.74, 6) is 0. The van der Waals surface area contributed by atoms with Gasteiger partial charge in [-0.25, -0.2) is 0 Å². The van der Waals surface area contributed by atoms with Crippen LogP contribution in [0.1, 0.15) is 5.56 Å². The molecule has 0 unspecified atom stereocenters. The highest BCUT2D eigenvalue weighted by Crippen LogP contribution is 2.09. The van der Waals surface area contributed by atoms with Crippen LogP contribution in [0.15, 0.2) is 55.9 Å². The van der Waals surface area contributed by atoms with Crippen molar-refractivity contribution in [2.45, 2.75) is 6.54 Å². The predicted octanol–water partition coefficient (Wildman–Crippen LogP) is 2.66. The largest absolute Gasteiger partial charge is 0.362 e. The van der Waals surface area contributed by atoms with E-state index in [1.54, 1.807) is 0 Å². The third-order valence-electron chi connectivity index (χ3n) is 2.17. The van der Waals surface area contributed by atoms with Crippen molar-refractivity contribution in [2.75, 3.05) is 13.7 Å². The van der Waals surface area contributed by atoms with Gasteiger partial charge in [-0.15, -0.1) is 13.2 Å². The van der Waals surface area contributed by atoms with Crippen LogP contribution in [0.25, 0.3) is 0 Å². The molecule has 1 heterocycles. The molecule has 0 saturated carbocycles. The molecule has 0 N–H and O–H groups in total. The van der Waals surface area contributed by atoms with E-state index >= 15 is 0 Å². The van der Waals surface area contributed by atoms with E-state index in [-0.39, 0.29) is 0 Å². The predicted molar refractivity (Wildman–Crippen MR) is 65.0 cm³/mol. The Labute approximate surface area is 92.1 Å². The van der Waals surface area contributed by atoms with Gasteiger partial charge in [0.15, 0.2) is 0 Å². The molecule has 0 aliphatic carbocycles. The highest BCUT2D eigenvalue weighted by Gasteiger charge is 2.07. The Morgan fingerprint density at radius 2 is 1.80 bits per heavy atom. The molecule has 15 heavy (non-hydrogen) atoms. The highest BCUT2D eigenvalue weighted by atomic mass is 15.3. The van der Waals surface area contributed by atoms with Crippen LogP contribution in [0.4, 0.5) is 0 Å². The summed E-state index contributed by atoms with van der Waals surface area (Å²) in [6.45, 7) is 8.00. The van der Waals surface area contributed by atoms with Crippen molar-refractivity contribution in [3.63, 3.8) is 0 Å². The van der Waals surface area contributed by atoms with Gasteiger partial charge in [0.25, 0.3) is 0 Å². The van der Waals surface area contributed by atoms with E-state index in [0.29, 0.717) is 0 Å². The minimum absolute atomic E-state index is 0.995. The Bertz CT molecular complexity index is 306. The van der Waals surface area contributed by atoms with E-state index in [1.165, 1.54) is 5.56 Å². The number of hydrogen-bond donors (Lipinski definition) is 0. The fourth-order valence-electron chi connectivity index (χ4n) is 1.51. The molecule has 1 aliphatic heterocycles. The van der Waals surface area contributed by atoms with E-state index in [4.69, 9.17) is 0 Å². The number of hydrogen-bond acceptors (Lipinski definition) is 2. The van der Waals surface area contributed by atoms with Gasteiger partial charge in [-0.3, -0.25) is 0 Å². The zero-order valence-electron chi connectivity index (χ0n) is 9.26. The van der Waals surface area contributed by atoms with Crippen molar-refractivity contribution in [3.8, 4) is 0 Å². The molecule has 0 radical (unpaired) electrons. The summed E-state index contributed by atoms with van der Waals surface area (Å²) < 4.78 is 0. The van der Waals surface area contributed by atoms with Crippen LogP contribution >= 0.6 is 0 Å². The van der Waals surface area contributed by atoms with Crippen molar-refractivity contribution in [1.82, 2.24) is 9.80 Å². The first kappa shape index (κ1) is 11.4. The van der Waals surface area contributed by atoms with E-state index in [0.717, 1.165) is 13.2 Å². The molecular formula is C13H18N2. The summed E-state index contributed by atoms with van der Waals surface area (Å²) >= 11 is 0. The summed E-state index contributed by atoms with van der Waals surface area (Å²) in [7, 11) is 2.08. The first-order valence-electron chi connectivity index (χ1n) is 5.01. The Balaban J connectivity index is 0.000000531. The van der Waals surface area contributed by atoms with E-state index in [9.17, 15) is 0 Å². The fourth-order valence-corrected chi connectivity index (χ4v) is 1.51. The molecule has 0 fully saturated rings. The molecule has 2 nitrogen and oxygen atoms in total. The van der Waals surface area contributed by atoms with Gasteiger partial charge in [0.2, 0.25) is 0 Å². The second-order valence-corrected chi connectivity index (χ2v) is 3.43. The van der Waals surface area contributed by atoms with Crippen molar-refractivity contribution >= 4 is 0 Å². The molecule has 1 aromatic rings. The molecule has 80 valence electrons. The molecule has 2 rings (SSSR count). The molecule has 0 bridgehead atoms. The molecule has 1 aliphatic rings. The summed E-state index contributed by atoms with van der Waals surface area (Å²) in [4.78, 5) is 4.46. The van der Waals surface area contributed by atoms with Crippen LogP contribution in [-0.4, -0.2) is 23.5 Å². The van der Waals surface area contributed by atoms with Crippen molar-refractivity contribution in [2.24, 2.45) is 0 Å². The molecule has 0 saturated heterocycles. The topological polar surface area (TPSA) is 6.48 Å². The van der Waals surface area contributed by atoms with Crippen molar-refractivity contribution < 1.29 is 0 Å². The Hall–Kier alpha value is -1.70. The Morgan fingerprint density at radius 3 is 2.33 bits per heavy atom. The van der Waals surface area contributed by atoms with Gasteiger partial charge < -0.3 is 9.80 Å². The zero-order chi connectivity index (χ0) is 11.1. The second-order valence-electron chi connectivity index (χ2n) is 3.43. The lowest BCUT2D eigenvalue weighted by atomic mass is 10.2. The van der Waals surface area contributed by atoms with Crippen LogP contribution in [0, 0.1) is 0 Å². The van der Waals surface area contributed by atoms with Gasteiger partial charge >= 0.3 is 0 Å². The lowest BCUT2D eigenvalue weighted by Gasteiger charge is -2.17. The molecule has 1 aromatic carbocycles. The van der Waals surface area contributed by atoms with Crippen LogP contribution in [-0.2, 0) is 6.54 Å². The van der Waals surface area contributed by atoms with Gasteiger partial charge in [0.05, 0.1) is 6.67 Å². The van der Waals surface area contributed by atoms with Crippen LogP contribution in [0.2, 0.25) is 0 Å². The summed E-state index contributed by atoms with van der Waals surface area (Å²) in [5, 5.41) is 0. The third-order valence-corrected chi connectivity index (χ3v) is 2.17. The van der Waals surface area contributed by atoms with Crippen molar-refractivity contribution in [3.05, 3.63) is 61.5 Å². The van der Waals surface area contributed by atoms with E-state index in [1.807, 2.05) is 0 Å². The lowest BCUT2D eigenvalue weighted by molar-refractivity contribution is 0.291. The van der Waals surface area contributed by atoms with Gasteiger partial charge in [0.1, 0.15) is 0 Å². The number of nitrogens with zero attached hydrogens (tertiary/aromatic N) is 2. The summed E-state index contributed by atoms with van der Waals surface area (Å²) in [6.07, 6.45) is 4.23. The van der Waals surface area contributed by atoms with E-state index < -0.39 is 0 Å². The van der Waals surface area contributed by atoms with Crippen molar-refractivity contribution in [1.29, 1.82) is 0 Å². The molecule has 0 amide bonds. The maximum Gasteiger partial charge on any atom is 0.0894 e. The average molecular weight is 202 g/mol. The van der Waals surface area contributed by atoms with Crippen LogP contribution in [0.5, 0.6) is 0 Å². The molecule has 0 atom stereocenters. The van der Waals surface area contributed by atoms with Crippen LogP contribution < -0.4 is 0 Å². The molecule has 2 heteroatoms. The minimum atomic E-state index is 0.995. The van der Waals surface area contributed by atoms with Gasteiger partial charge in [0, 0.05) is 26.0 Å². The first-order valence-corrected chi connectivity index (χ1v) is 5.01. The highest BCUT2D eigenvalue weighted by molar-refractivity contribution is 5.15. The van der Waals surface area contributed by atoms with Crippen LogP contribution in [0.3, 0.4) is 0 Å². The number of benzene rings is 1.